The number of hydrogen-bond donors (Lipinski definition) is 1. The number of amides is 1. The number of carbonyl (C=O) groups is 1. The molecule has 4 aromatic rings. The van der Waals surface area contributed by atoms with Crippen molar-refractivity contribution in [2.45, 2.75) is 0 Å². The van der Waals surface area contributed by atoms with Crippen molar-refractivity contribution in [2.24, 2.45) is 0 Å². The Morgan fingerprint density at radius 3 is 2.53 bits per heavy atom. The van der Waals surface area contributed by atoms with E-state index in [-0.39, 0.29) is 5.57 Å². The van der Waals surface area contributed by atoms with E-state index in [9.17, 15) is 10.1 Å². The molecule has 2 aromatic heterocycles. The minimum Gasteiger partial charge on any atom is -0.493 e. The van der Waals surface area contributed by atoms with E-state index < -0.39 is 5.91 Å². The van der Waals surface area contributed by atoms with Crippen LogP contribution in [0.2, 0.25) is 0 Å². The molecule has 0 fully saturated rings. The number of ether oxygens (including phenoxy) is 2. The van der Waals surface area contributed by atoms with Gasteiger partial charge in [0, 0.05) is 41.5 Å². The molecule has 0 unspecified atom stereocenters. The largest absolute Gasteiger partial charge is 0.493 e. The van der Waals surface area contributed by atoms with Gasteiger partial charge in [0.2, 0.25) is 0 Å². The van der Waals surface area contributed by atoms with Crippen LogP contribution in [-0.4, -0.2) is 34.9 Å². The first kappa shape index (κ1) is 22.3. The van der Waals surface area contributed by atoms with Gasteiger partial charge >= 0.3 is 0 Å². The van der Waals surface area contributed by atoms with Gasteiger partial charge in [-0.25, -0.2) is 4.68 Å². The van der Waals surface area contributed by atoms with Crippen LogP contribution in [0.5, 0.6) is 11.5 Å². The normalized spacial score (nSPS) is 10.9. The molecule has 8 nitrogen and oxygen atoms in total. The van der Waals surface area contributed by atoms with Gasteiger partial charge in [-0.05, 0) is 42.5 Å². The third-order valence-electron chi connectivity index (χ3n) is 5.00. The number of pyridine rings is 1. The molecule has 0 spiro atoms. The quantitative estimate of drug-likeness (QED) is 0.328. The van der Waals surface area contributed by atoms with E-state index in [1.165, 1.54) is 20.3 Å². The highest BCUT2D eigenvalue weighted by atomic mass is 16.5. The van der Waals surface area contributed by atoms with E-state index in [1.807, 2.05) is 42.5 Å². The predicted molar refractivity (Wildman–Crippen MR) is 129 cm³/mol. The fourth-order valence-electron chi connectivity index (χ4n) is 3.35. The number of aromatic nitrogens is 3. The van der Waals surface area contributed by atoms with Crippen molar-refractivity contribution in [3.63, 3.8) is 0 Å². The van der Waals surface area contributed by atoms with Crippen molar-refractivity contribution >= 4 is 17.7 Å². The van der Waals surface area contributed by atoms with Crippen molar-refractivity contribution in [2.75, 3.05) is 19.5 Å². The molecular weight excluding hydrogens is 430 g/mol. The summed E-state index contributed by atoms with van der Waals surface area (Å²) < 4.78 is 12.2. The van der Waals surface area contributed by atoms with Gasteiger partial charge in [0.1, 0.15) is 17.3 Å². The van der Waals surface area contributed by atoms with Crippen molar-refractivity contribution < 1.29 is 14.3 Å². The summed E-state index contributed by atoms with van der Waals surface area (Å²) in [5, 5.41) is 17.2. The zero-order valence-electron chi connectivity index (χ0n) is 18.6. The molecule has 0 aliphatic rings. The molecule has 0 bridgehead atoms. The standard InChI is InChI=1S/C26H21N5O3/c1-33-23-11-10-21(14-24(23)34-2)29-26(32)19(15-27)13-20-17-31(22-8-4-3-5-9-22)30-25(20)18-7-6-12-28-16-18/h3-14,16-17H,1-2H3,(H,29,32)/b19-13+. The molecule has 1 amide bonds. The van der Waals surface area contributed by atoms with E-state index in [0.717, 1.165) is 11.3 Å². The molecule has 4 rings (SSSR count). The first-order chi connectivity index (χ1) is 16.6. The fourth-order valence-corrected chi connectivity index (χ4v) is 3.35. The zero-order chi connectivity index (χ0) is 23.9. The SMILES string of the molecule is COc1ccc(NC(=O)/C(C#N)=C/c2cn(-c3ccccc3)nc2-c2cccnc2)cc1OC. The number of carbonyl (C=O) groups excluding carboxylic acids is 1. The third kappa shape index (κ3) is 4.79. The van der Waals surface area contributed by atoms with Gasteiger partial charge in [0.15, 0.2) is 11.5 Å². The average molecular weight is 451 g/mol. The first-order valence-corrected chi connectivity index (χ1v) is 10.3. The highest BCUT2D eigenvalue weighted by Gasteiger charge is 2.16. The van der Waals surface area contributed by atoms with Gasteiger partial charge in [-0.2, -0.15) is 10.4 Å². The molecule has 2 heterocycles. The van der Waals surface area contributed by atoms with Gasteiger partial charge in [-0.1, -0.05) is 18.2 Å². The molecule has 0 aliphatic carbocycles. The molecule has 0 aliphatic heterocycles. The van der Waals surface area contributed by atoms with Gasteiger partial charge in [-0.15, -0.1) is 0 Å². The van der Waals surface area contributed by atoms with Crippen LogP contribution in [0.25, 0.3) is 23.0 Å². The lowest BCUT2D eigenvalue weighted by atomic mass is 10.1. The summed E-state index contributed by atoms with van der Waals surface area (Å²) in [5.74, 6) is 0.441. The van der Waals surface area contributed by atoms with Crippen LogP contribution >= 0.6 is 0 Å². The zero-order valence-corrected chi connectivity index (χ0v) is 18.6. The lowest BCUT2D eigenvalue weighted by Crippen LogP contribution is -2.13. The maximum absolute atomic E-state index is 12.9. The molecule has 0 saturated heterocycles. The van der Waals surface area contributed by atoms with Crippen molar-refractivity contribution in [3.05, 3.63) is 90.4 Å². The fraction of sp³-hybridized carbons (Fsp3) is 0.0769. The molecule has 2 aromatic carbocycles. The van der Waals surface area contributed by atoms with E-state index in [4.69, 9.17) is 9.47 Å². The lowest BCUT2D eigenvalue weighted by Gasteiger charge is -2.10. The van der Waals surface area contributed by atoms with Crippen LogP contribution in [0.4, 0.5) is 5.69 Å². The second-order valence-electron chi connectivity index (χ2n) is 7.15. The second kappa shape index (κ2) is 10.1. The summed E-state index contributed by atoms with van der Waals surface area (Å²) in [5.41, 5.74) is 3.21. The first-order valence-electron chi connectivity index (χ1n) is 10.3. The Bertz CT molecular complexity index is 1370. The van der Waals surface area contributed by atoms with Crippen LogP contribution in [0.1, 0.15) is 5.56 Å². The van der Waals surface area contributed by atoms with Crippen LogP contribution in [-0.2, 0) is 4.79 Å². The second-order valence-corrected chi connectivity index (χ2v) is 7.15. The number of rotatable bonds is 7. The third-order valence-corrected chi connectivity index (χ3v) is 5.00. The number of methoxy groups -OCH3 is 2. The molecule has 34 heavy (non-hydrogen) atoms. The Balaban J connectivity index is 1.70. The molecule has 168 valence electrons. The highest BCUT2D eigenvalue weighted by molar-refractivity contribution is 6.10. The number of hydrogen-bond acceptors (Lipinski definition) is 6. The van der Waals surface area contributed by atoms with E-state index in [0.29, 0.717) is 28.4 Å². The summed E-state index contributed by atoms with van der Waals surface area (Å²) in [6.07, 6.45) is 6.65. The molecule has 1 N–H and O–H groups in total. The summed E-state index contributed by atoms with van der Waals surface area (Å²) in [6, 6.07) is 20.2. The number of nitriles is 1. The van der Waals surface area contributed by atoms with Crippen LogP contribution in [0.15, 0.2) is 84.8 Å². The maximum atomic E-state index is 12.9. The molecule has 0 saturated carbocycles. The minimum atomic E-state index is -0.556. The Hall–Kier alpha value is -4.90. The van der Waals surface area contributed by atoms with Gasteiger partial charge in [0.25, 0.3) is 5.91 Å². The Labute approximate surface area is 196 Å². The molecule has 8 heteroatoms. The predicted octanol–water partition coefficient (Wildman–Crippen LogP) is 4.50. The number of benzene rings is 2. The van der Waals surface area contributed by atoms with E-state index in [2.05, 4.69) is 15.4 Å². The molecular formula is C26H21N5O3. The average Bonchev–Trinajstić information content (AvgIpc) is 3.32. The number of nitrogens with one attached hydrogen (secondary N) is 1. The topological polar surface area (TPSA) is 102 Å². The van der Waals surface area contributed by atoms with Crippen LogP contribution in [0, 0.1) is 11.3 Å². The summed E-state index contributed by atoms with van der Waals surface area (Å²) in [7, 11) is 3.04. The Kier molecular flexibility index (Phi) is 6.65. The number of anilines is 1. The Morgan fingerprint density at radius 1 is 1.06 bits per heavy atom. The van der Waals surface area contributed by atoms with E-state index in [1.54, 1.807) is 47.5 Å². The van der Waals surface area contributed by atoms with Crippen molar-refractivity contribution in [1.82, 2.24) is 14.8 Å². The maximum Gasteiger partial charge on any atom is 0.266 e. The van der Waals surface area contributed by atoms with Crippen LogP contribution in [0.3, 0.4) is 0 Å². The highest BCUT2D eigenvalue weighted by Crippen LogP contribution is 2.30. The Morgan fingerprint density at radius 2 is 1.85 bits per heavy atom. The monoisotopic (exact) mass is 451 g/mol. The van der Waals surface area contributed by atoms with Crippen LogP contribution < -0.4 is 14.8 Å². The van der Waals surface area contributed by atoms with Crippen molar-refractivity contribution in [1.29, 1.82) is 5.26 Å². The minimum absolute atomic E-state index is 0.0764. The van der Waals surface area contributed by atoms with Crippen molar-refractivity contribution in [3.8, 4) is 34.5 Å². The smallest absolute Gasteiger partial charge is 0.266 e. The van der Waals surface area contributed by atoms with Gasteiger partial charge in [0.05, 0.1) is 19.9 Å². The summed E-state index contributed by atoms with van der Waals surface area (Å²) in [4.78, 5) is 17.1. The van der Waals surface area contributed by atoms with Gasteiger partial charge < -0.3 is 14.8 Å². The summed E-state index contributed by atoms with van der Waals surface area (Å²) >= 11 is 0. The summed E-state index contributed by atoms with van der Waals surface area (Å²) in [6.45, 7) is 0. The lowest BCUT2D eigenvalue weighted by molar-refractivity contribution is -0.112. The van der Waals surface area contributed by atoms with Gasteiger partial charge in [-0.3, -0.25) is 9.78 Å². The number of para-hydroxylation sites is 1. The van der Waals surface area contributed by atoms with E-state index >= 15 is 0 Å². The molecule has 0 radical (unpaired) electrons. The molecule has 0 atom stereocenters. The number of nitrogens with zero attached hydrogens (tertiary/aromatic N) is 4.